The maximum absolute atomic E-state index is 10.5. The molecule has 0 bridgehead atoms. The van der Waals surface area contributed by atoms with E-state index in [2.05, 4.69) is 0 Å². The van der Waals surface area contributed by atoms with E-state index in [1.165, 1.54) is 0 Å². The monoisotopic (exact) mass is 213 g/mol. The summed E-state index contributed by atoms with van der Waals surface area (Å²) in [6, 6.07) is 7.43. The molecule has 1 aromatic rings. The predicted molar refractivity (Wildman–Crippen MR) is 55.3 cm³/mol. The van der Waals surface area contributed by atoms with Crippen LogP contribution in [0.4, 0.5) is 4.79 Å². The van der Waals surface area contributed by atoms with Gasteiger partial charge in [-0.05, 0) is 18.6 Å². The standard InChI is InChI=1S/C10H12ClNO2/c1-7(14-10(12)13)6-8-4-2-3-5-9(8)11/h2-5,7H,6H2,1H3,(H2,12,13)/t7-/m1/s1. The van der Waals surface area contributed by atoms with Gasteiger partial charge in [0.05, 0.1) is 0 Å². The molecule has 3 nitrogen and oxygen atoms in total. The van der Waals surface area contributed by atoms with Crippen LogP contribution in [0.3, 0.4) is 0 Å². The first-order valence-electron chi connectivity index (χ1n) is 4.29. The molecule has 1 atom stereocenters. The second kappa shape index (κ2) is 4.86. The van der Waals surface area contributed by atoms with E-state index in [1.54, 1.807) is 13.0 Å². The van der Waals surface area contributed by atoms with Crippen LogP contribution in [0.2, 0.25) is 5.02 Å². The summed E-state index contributed by atoms with van der Waals surface area (Å²) in [5.74, 6) is 0. The Balaban J connectivity index is 2.60. The van der Waals surface area contributed by atoms with Crippen molar-refractivity contribution in [1.29, 1.82) is 0 Å². The summed E-state index contributed by atoms with van der Waals surface area (Å²) in [4.78, 5) is 10.5. The zero-order valence-corrected chi connectivity index (χ0v) is 8.62. The summed E-state index contributed by atoms with van der Waals surface area (Å²) in [6.45, 7) is 1.77. The van der Waals surface area contributed by atoms with Gasteiger partial charge >= 0.3 is 6.09 Å². The van der Waals surface area contributed by atoms with E-state index in [0.29, 0.717) is 11.4 Å². The fourth-order valence-corrected chi connectivity index (χ4v) is 1.43. The molecule has 0 spiro atoms. The van der Waals surface area contributed by atoms with E-state index in [1.807, 2.05) is 18.2 Å². The van der Waals surface area contributed by atoms with Crippen molar-refractivity contribution < 1.29 is 9.53 Å². The minimum atomic E-state index is -0.760. The van der Waals surface area contributed by atoms with E-state index >= 15 is 0 Å². The van der Waals surface area contributed by atoms with Crippen molar-refractivity contribution in [2.75, 3.05) is 0 Å². The fraction of sp³-hybridized carbons (Fsp3) is 0.300. The first-order valence-corrected chi connectivity index (χ1v) is 4.67. The first-order chi connectivity index (χ1) is 6.59. The number of hydrogen-bond acceptors (Lipinski definition) is 2. The molecule has 1 aromatic carbocycles. The summed E-state index contributed by atoms with van der Waals surface area (Å²) < 4.78 is 4.79. The Morgan fingerprint density at radius 2 is 2.21 bits per heavy atom. The topological polar surface area (TPSA) is 52.3 Å². The number of carbonyl (C=O) groups excluding carboxylic acids is 1. The van der Waals surface area contributed by atoms with Gasteiger partial charge in [0.25, 0.3) is 0 Å². The lowest BCUT2D eigenvalue weighted by molar-refractivity contribution is 0.116. The van der Waals surface area contributed by atoms with Crippen molar-refractivity contribution in [1.82, 2.24) is 0 Å². The molecule has 0 aliphatic carbocycles. The molecule has 0 saturated heterocycles. The van der Waals surface area contributed by atoms with Crippen molar-refractivity contribution in [2.24, 2.45) is 5.73 Å². The van der Waals surface area contributed by atoms with Crippen LogP contribution in [0, 0.1) is 0 Å². The maximum atomic E-state index is 10.5. The number of rotatable bonds is 3. The molecular formula is C10H12ClNO2. The zero-order chi connectivity index (χ0) is 10.6. The molecule has 0 radical (unpaired) electrons. The Labute approximate surface area is 87.8 Å². The Hall–Kier alpha value is -1.22. The van der Waals surface area contributed by atoms with Gasteiger partial charge in [0.15, 0.2) is 0 Å². The third-order valence-electron chi connectivity index (χ3n) is 1.78. The Morgan fingerprint density at radius 1 is 1.57 bits per heavy atom. The molecule has 76 valence electrons. The van der Waals surface area contributed by atoms with Crippen LogP contribution >= 0.6 is 11.6 Å². The van der Waals surface area contributed by atoms with E-state index in [-0.39, 0.29) is 6.10 Å². The van der Waals surface area contributed by atoms with E-state index < -0.39 is 6.09 Å². The molecule has 2 N–H and O–H groups in total. The van der Waals surface area contributed by atoms with Crippen molar-refractivity contribution >= 4 is 17.7 Å². The summed E-state index contributed by atoms with van der Waals surface area (Å²) >= 11 is 5.93. The van der Waals surface area contributed by atoms with Crippen LogP contribution < -0.4 is 5.73 Å². The smallest absolute Gasteiger partial charge is 0.404 e. The van der Waals surface area contributed by atoms with E-state index in [0.717, 1.165) is 5.56 Å². The fourth-order valence-electron chi connectivity index (χ4n) is 1.21. The second-order valence-corrected chi connectivity index (χ2v) is 3.45. The molecule has 1 rings (SSSR count). The molecule has 0 aromatic heterocycles. The normalized spacial score (nSPS) is 12.1. The van der Waals surface area contributed by atoms with Crippen LogP contribution in [0.5, 0.6) is 0 Å². The summed E-state index contributed by atoms with van der Waals surface area (Å²) in [5, 5.41) is 0.674. The summed E-state index contributed by atoms with van der Waals surface area (Å²) in [6.07, 6.45) is -0.445. The Bertz CT molecular complexity index is 328. The highest BCUT2D eigenvalue weighted by Gasteiger charge is 2.08. The lowest BCUT2D eigenvalue weighted by Crippen LogP contribution is -2.22. The molecule has 0 aliphatic rings. The molecule has 0 unspecified atom stereocenters. The van der Waals surface area contributed by atoms with Gasteiger partial charge in [0.1, 0.15) is 6.10 Å². The third kappa shape index (κ3) is 3.26. The highest BCUT2D eigenvalue weighted by molar-refractivity contribution is 6.31. The zero-order valence-electron chi connectivity index (χ0n) is 7.87. The van der Waals surface area contributed by atoms with Gasteiger partial charge in [-0.2, -0.15) is 0 Å². The van der Waals surface area contributed by atoms with Crippen LogP contribution in [0.15, 0.2) is 24.3 Å². The number of halogens is 1. The summed E-state index contributed by atoms with van der Waals surface area (Å²) in [7, 11) is 0. The molecule has 0 saturated carbocycles. The van der Waals surface area contributed by atoms with Gasteiger partial charge in [-0.3, -0.25) is 0 Å². The SMILES string of the molecule is C[C@H](Cc1ccccc1Cl)OC(N)=O. The number of ether oxygens (including phenoxy) is 1. The van der Waals surface area contributed by atoms with Gasteiger partial charge in [-0.15, -0.1) is 0 Å². The van der Waals surface area contributed by atoms with Gasteiger partial charge in [-0.25, -0.2) is 4.79 Å². The van der Waals surface area contributed by atoms with Crippen LogP contribution in [0.25, 0.3) is 0 Å². The molecule has 14 heavy (non-hydrogen) atoms. The molecule has 1 amide bonds. The van der Waals surface area contributed by atoms with E-state index in [4.69, 9.17) is 22.1 Å². The quantitative estimate of drug-likeness (QED) is 0.838. The van der Waals surface area contributed by atoms with Crippen LogP contribution in [-0.4, -0.2) is 12.2 Å². The number of benzene rings is 1. The highest BCUT2D eigenvalue weighted by atomic mass is 35.5. The van der Waals surface area contributed by atoms with Crippen LogP contribution in [0.1, 0.15) is 12.5 Å². The minimum absolute atomic E-state index is 0.257. The van der Waals surface area contributed by atoms with Gasteiger partial charge in [-0.1, -0.05) is 29.8 Å². The molecule has 0 aliphatic heterocycles. The average molecular weight is 214 g/mol. The van der Waals surface area contributed by atoms with E-state index in [9.17, 15) is 4.79 Å². The van der Waals surface area contributed by atoms with Gasteiger partial charge < -0.3 is 10.5 Å². The highest BCUT2D eigenvalue weighted by Crippen LogP contribution is 2.17. The average Bonchev–Trinajstić information content (AvgIpc) is 2.07. The van der Waals surface area contributed by atoms with Gasteiger partial charge in [0, 0.05) is 11.4 Å². The number of carbonyl (C=O) groups is 1. The van der Waals surface area contributed by atoms with Gasteiger partial charge in [0.2, 0.25) is 0 Å². The number of hydrogen-bond donors (Lipinski definition) is 1. The van der Waals surface area contributed by atoms with Crippen molar-refractivity contribution in [3.8, 4) is 0 Å². The number of primary amides is 1. The van der Waals surface area contributed by atoms with Crippen molar-refractivity contribution in [3.63, 3.8) is 0 Å². The van der Waals surface area contributed by atoms with Crippen LogP contribution in [-0.2, 0) is 11.2 Å². The Morgan fingerprint density at radius 3 is 2.79 bits per heavy atom. The Kier molecular flexibility index (Phi) is 3.77. The third-order valence-corrected chi connectivity index (χ3v) is 2.15. The maximum Gasteiger partial charge on any atom is 0.404 e. The summed E-state index contributed by atoms with van der Waals surface area (Å²) in [5.41, 5.74) is 5.84. The molecular weight excluding hydrogens is 202 g/mol. The minimum Gasteiger partial charge on any atom is -0.446 e. The molecule has 0 fully saturated rings. The largest absolute Gasteiger partial charge is 0.446 e. The molecule has 4 heteroatoms. The van der Waals surface area contributed by atoms with Crippen molar-refractivity contribution in [3.05, 3.63) is 34.9 Å². The number of nitrogens with two attached hydrogens (primary N) is 1. The lowest BCUT2D eigenvalue weighted by atomic mass is 10.1. The number of amides is 1. The van der Waals surface area contributed by atoms with Crippen molar-refractivity contribution in [2.45, 2.75) is 19.4 Å². The lowest BCUT2D eigenvalue weighted by Gasteiger charge is -2.11. The second-order valence-electron chi connectivity index (χ2n) is 3.04. The molecule has 0 heterocycles. The first kappa shape index (κ1) is 10.9. The predicted octanol–water partition coefficient (Wildman–Crippen LogP) is 2.37.